The largest absolute Gasteiger partial charge is 0.325 e. The van der Waals surface area contributed by atoms with Crippen LogP contribution < -0.4 is 10.6 Å². The standard InChI is InChI=1S/C17H17ClN4O3S/c1-9-10(2)26-16(19-9)21-14(23)7-13-15(24)22(17(25)20-13)8-11-5-3-4-6-12(11)18/h3-6,13H,7-8H2,1-2H3,(H,20,25)(H,19,21,23)/t13-/m0/s1. The Morgan fingerprint density at radius 3 is 2.73 bits per heavy atom. The normalized spacial score (nSPS) is 16.7. The van der Waals surface area contributed by atoms with Crippen molar-refractivity contribution in [1.29, 1.82) is 0 Å². The molecule has 2 heterocycles. The zero-order valence-electron chi connectivity index (χ0n) is 14.2. The molecule has 1 fully saturated rings. The van der Waals surface area contributed by atoms with Crippen LogP contribution in [0.2, 0.25) is 5.02 Å². The molecular formula is C17H17ClN4O3S. The lowest BCUT2D eigenvalue weighted by Gasteiger charge is -2.14. The van der Waals surface area contributed by atoms with Crippen molar-refractivity contribution in [2.45, 2.75) is 32.9 Å². The Morgan fingerprint density at radius 1 is 1.35 bits per heavy atom. The lowest BCUT2D eigenvalue weighted by Crippen LogP contribution is -2.34. The number of anilines is 1. The van der Waals surface area contributed by atoms with E-state index in [0.717, 1.165) is 15.5 Å². The smallest absolute Gasteiger partial charge is 0.325 e. The summed E-state index contributed by atoms with van der Waals surface area (Å²) in [6.45, 7) is 3.83. The van der Waals surface area contributed by atoms with Crippen molar-refractivity contribution in [1.82, 2.24) is 15.2 Å². The van der Waals surface area contributed by atoms with E-state index in [1.807, 2.05) is 13.8 Å². The van der Waals surface area contributed by atoms with Crippen LogP contribution in [-0.4, -0.2) is 33.8 Å². The number of halogens is 1. The van der Waals surface area contributed by atoms with E-state index >= 15 is 0 Å². The van der Waals surface area contributed by atoms with Gasteiger partial charge in [-0.25, -0.2) is 9.78 Å². The number of carbonyl (C=O) groups is 3. The molecule has 1 aromatic heterocycles. The van der Waals surface area contributed by atoms with Gasteiger partial charge in [-0.3, -0.25) is 14.5 Å². The molecule has 0 bridgehead atoms. The van der Waals surface area contributed by atoms with Crippen LogP contribution in [0.1, 0.15) is 22.6 Å². The van der Waals surface area contributed by atoms with Crippen molar-refractivity contribution >= 4 is 45.9 Å². The average Bonchev–Trinajstić information content (AvgIpc) is 3.02. The van der Waals surface area contributed by atoms with Gasteiger partial charge < -0.3 is 10.6 Å². The molecule has 1 saturated heterocycles. The Labute approximate surface area is 159 Å². The quantitative estimate of drug-likeness (QED) is 0.765. The Hall–Kier alpha value is -2.45. The van der Waals surface area contributed by atoms with E-state index in [2.05, 4.69) is 15.6 Å². The molecule has 1 aliphatic rings. The minimum Gasteiger partial charge on any atom is -0.325 e. The first kappa shape index (κ1) is 18.3. The summed E-state index contributed by atoms with van der Waals surface area (Å²) in [6.07, 6.45) is -0.152. The number of hydrogen-bond donors (Lipinski definition) is 2. The second-order valence-corrected chi connectivity index (χ2v) is 7.54. The molecule has 26 heavy (non-hydrogen) atoms. The van der Waals surface area contributed by atoms with Crippen molar-refractivity contribution in [2.24, 2.45) is 0 Å². The predicted molar refractivity (Wildman–Crippen MR) is 99.2 cm³/mol. The van der Waals surface area contributed by atoms with Gasteiger partial charge >= 0.3 is 6.03 Å². The highest BCUT2D eigenvalue weighted by Crippen LogP contribution is 2.22. The number of carbonyl (C=O) groups excluding carboxylic acids is 3. The van der Waals surface area contributed by atoms with E-state index in [1.165, 1.54) is 11.3 Å². The number of amides is 4. The van der Waals surface area contributed by atoms with Crippen LogP contribution >= 0.6 is 22.9 Å². The van der Waals surface area contributed by atoms with Crippen LogP contribution in [0.4, 0.5) is 9.93 Å². The first-order chi connectivity index (χ1) is 12.3. The molecule has 0 unspecified atom stereocenters. The van der Waals surface area contributed by atoms with Crippen LogP contribution in [-0.2, 0) is 16.1 Å². The van der Waals surface area contributed by atoms with Gasteiger partial charge in [0.1, 0.15) is 6.04 Å². The van der Waals surface area contributed by atoms with Gasteiger partial charge in [0.15, 0.2) is 5.13 Å². The fraction of sp³-hybridized carbons (Fsp3) is 0.294. The molecule has 1 aromatic carbocycles. The highest BCUT2D eigenvalue weighted by Gasteiger charge is 2.39. The van der Waals surface area contributed by atoms with Gasteiger partial charge in [-0.15, -0.1) is 11.3 Å². The van der Waals surface area contributed by atoms with Gasteiger partial charge in [0.25, 0.3) is 5.91 Å². The van der Waals surface area contributed by atoms with Gasteiger partial charge in [-0.1, -0.05) is 29.8 Å². The van der Waals surface area contributed by atoms with Crippen molar-refractivity contribution in [3.63, 3.8) is 0 Å². The van der Waals surface area contributed by atoms with E-state index < -0.39 is 18.0 Å². The summed E-state index contributed by atoms with van der Waals surface area (Å²) in [5.74, 6) is -0.825. The van der Waals surface area contributed by atoms with Crippen molar-refractivity contribution in [2.75, 3.05) is 5.32 Å². The fourth-order valence-corrected chi connectivity index (χ4v) is 3.57. The van der Waals surface area contributed by atoms with E-state index in [1.54, 1.807) is 24.3 Å². The third kappa shape index (κ3) is 3.86. The number of aryl methyl sites for hydroxylation is 2. The molecule has 4 amide bonds. The Bertz CT molecular complexity index is 863. The van der Waals surface area contributed by atoms with Gasteiger partial charge in [0.2, 0.25) is 5.91 Å². The van der Waals surface area contributed by atoms with E-state index in [4.69, 9.17) is 11.6 Å². The number of thiazole rings is 1. The molecular weight excluding hydrogens is 376 g/mol. The minimum absolute atomic E-state index is 0.0628. The summed E-state index contributed by atoms with van der Waals surface area (Å²) in [6, 6.07) is 5.56. The molecule has 1 atom stereocenters. The number of hydrogen-bond acceptors (Lipinski definition) is 5. The average molecular weight is 393 g/mol. The monoisotopic (exact) mass is 392 g/mol. The first-order valence-corrected chi connectivity index (χ1v) is 9.13. The number of urea groups is 1. The molecule has 2 aromatic rings. The Balaban J connectivity index is 1.63. The van der Waals surface area contributed by atoms with Gasteiger partial charge in [0.05, 0.1) is 18.7 Å². The Kier molecular flexibility index (Phi) is 5.24. The van der Waals surface area contributed by atoms with Crippen LogP contribution in [0.3, 0.4) is 0 Å². The van der Waals surface area contributed by atoms with E-state index in [-0.39, 0.29) is 18.9 Å². The summed E-state index contributed by atoms with van der Waals surface area (Å²) < 4.78 is 0. The molecule has 3 rings (SSSR count). The zero-order valence-corrected chi connectivity index (χ0v) is 15.8. The lowest BCUT2D eigenvalue weighted by atomic mass is 10.1. The SMILES string of the molecule is Cc1nc(NC(=O)C[C@@H]2NC(=O)N(Cc3ccccc3Cl)C2=O)sc1C. The van der Waals surface area contributed by atoms with Gasteiger partial charge in [-0.05, 0) is 25.5 Å². The van der Waals surface area contributed by atoms with Crippen LogP contribution in [0.5, 0.6) is 0 Å². The van der Waals surface area contributed by atoms with Crippen molar-refractivity contribution < 1.29 is 14.4 Å². The maximum absolute atomic E-state index is 12.5. The number of rotatable bonds is 5. The summed E-state index contributed by atoms with van der Waals surface area (Å²) in [4.78, 5) is 43.1. The molecule has 0 saturated carbocycles. The topological polar surface area (TPSA) is 91.4 Å². The zero-order chi connectivity index (χ0) is 18.8. The number of imide groups is 1. The second-order valence-electron chi connectivity index (χ2n) is 5.93. The van der Waals surface area contributed by atoms with Crippen molar-refractivity contribution in [3.8, 4) is 0 Å². The number of benzene rings is 1. The highest BCUT2D eigenvalue weighted by atomic mass is 35.5. The highest BCUT2D eigenvalue weighted by molar-refractivity contribution is 7.15. The second kappa shape index (κ2) is 7.43. The lowest BCUT2D eigenvalue weighted by molar-refractivity contribution is -0.130. The number of nitrogens with one attached hydrogen (secondary N) is 2. The number of aromatic nitrogens is 1. The molecule has 136 valence electrons. The first-order valence-electron chi connectivity index (χ1n) is 7.94. The number of nitrogens with zero attached hydrogens (tertiary/aromatic N) is 2. The van der Waals surface area contributed by atoms with E-state index in [9.17, 15) is 14.4 Å². The molecule has 0 radical (unpaired) electrons. The summed E-state index contributed by atoms with van der Waals surface area (Å²) in [5.41, 5.74) is 1.51. The predicted octanol–water partition coefficient (Wildman–Crippen LogP) is 2.86. The van der Waals surface area contributed by atoms with Crippen LogP contribution in [0.15, 0.2) is 24.3 Å². The maximum Gasteiger partial charge on any atom is 0.325 e. The summed E-state index contributed by atoms with van der Waals surface area (Å²) in [5, 5.41) is 6.17. The minimum atomic E-state index is -0.896. The van der Waals surface area contributed by atoms with Crippen molar-refractivity contribution in [3.05, 3.63) is 45.4 Å². The molecule has 0 aliphatic carbocycles. The third-order valence-electron chi connectivity index (χ3n) is 4.06. The van der Waals surface area contributed by atoms with Crippen LogP contribution in [0.25, 0.3) is 0 Å². The third-order valence-corrected chi connectivity index (χ3v) is 5.41. The van der Waals surface area contributed by atoms with Gasteiger partial charge in [-0.2, -0.15) is 0 Å². The van der Waals surface area contributed by atoms with Gasteiger partial charge in [0, 0.05) is 9.90 Å². The molecule has 2 N–H and O–H groups in total. The summed E-state index contributed by atoms with van der Waals surface area (Å²) >= 11 is 7.45. The maximum atomic E-state index is 12.5. The summed E-state index contributed by atoms with van der Waals surface area (Å²) in [7, 11) is 0. The molecule has 1 aliphatic heterocycles. The van der Waals surface area contributed by atoms with Crippen LogP contribution in [0, 0.1) is 13.8 Å². The molecule has 9 heteroatoms. The molecule has 7 nitrogen and oxygen atoms in total. The Morgan fingerprint density at radius 2 is 2.08 bits per heavy atom. The van der Waals surface area contributed by atoms with E-state index in [0.29, 0.717) is 15.7 Å². The molecule has 0 spiro atoms. The fourth-order valence-electron chi connectivity index (χ4n) is 2.54.